The molecule has 0 aromatic heterocycles. The summed E-state index contributed by atoms with van der Waals surface area (Å²) in [5, 5.41) is 0.747. The van der Waals surface area contributed by atoms with Crippen LogP contribution in [0.15, 0.2) is 119 Å². The van der Waals surface area contributed by atoms with Crippen molar-refractivity contribution < 1.29 is 16.8 Å². The third-order valence-corrected chi connectivity index (χ3v) is 9.36. The average molecular weight is 588 g/mol. The van der Waals surface area contributed by atoms with E-state index in [1.807, 2.05) is 30.3 Å². The number of sulfonamides is 2. The summed E-state index contributed by atoms with van der Waals surface area (Å²) < 4.78 is 56.3. The molecular formula is C28H24Cl2N2O4S2. The maximum atomic E-state index is 13.5. The van der Waals surface area contributed by atoms with E-state index >= 15 is 0 Å². The summed E-state index contributed by atoms with van der Waals surface area (Å²) in [4.78, 5) is 0.157. The molecule has 4 rings (SSSR count). The quantitative estimate of drug-likeness (QED) is 0.235. The molecule has 0 aliphatic carbocycles. The van der Waals surface area contributed by atoms with Crippen LogP contribution in [0.5, 0.6) is 0 Å². The lowest BCUT2D eigenvalue weighted by atomic mass is 10.1. The van der Waals surface area contributed by atoms with E-state index in [0.29, 0.717) is 21.2 Å². The van der Waals surface area contributed by atoms with Crippen LogP contribution in [0.2, 0.25) is 10.0 Å². The minimum absolute atomic E-state index is 0.0201. The van der Waals surface area contributed by atoms with Crippen molar-refractivity contribution >= 4 is 48.9 Å². The molecule has 0 spiro atoms. The van der Waals surface area contributed by atoms with Gasteiger partial charge in [-0.15, -0.1) is 0 Å². The van der Waals surface area contributed by atoms with E-state index in [1.54, 1.807) is 48.5 Å². The standard InChI is InChI=1S/C28H24Cl2N2O4S2/c1-21(31-37(33,34)28-9-5-8-26(30)18-28)24-12-10-23(11-13-24)20-32(19-22-6-3-2-4-7-22)38(35,36)27-16-14-25(29)15-17-27/h2-18,31H,1,19-20H2. The Bertz CT molecular complexity index is 1640. The zero-order valence-electron chi connectivity index (χ0n) is 20.1. The van der Waals surface area contributed by atoms with E-state index in [1.165, 1.54) is 28.6 Å². The highest BCUT2D eigenvalue weighted by atomic mass is 35.5. The molecule has 0 unspecified atom stereocenters. The molecule has 0 aliphatic rings. The number of halogens is 2. The largest absolute Gasteiger partial charge is 0.280 e. The van der Waals surface area contributed by atoms with Gasteiger partial charge >= 0.3 is 0 Å². The molecule has 196 valence electrons. The summed E-state index contributed by atoms with van der Waals surface area (Å²) in [5.41, 5.74) is 2.26. The third-order valence-electron chi connectivity index (χ3n) is 5.68. The van der Waals surface area contributed by atoms with Crippen molar-refractivity contribution in [2.75, 3.05) is 0 Å². The van der Waals surface area contributed by atoms with Crippen LogP contribution in [-0.4, -0.2) is 21.1 Å². The van der Waals surface area contributed by atoms with Crippen LogP contribution in [0.25, 0.3) is 5.70 Å². The maximum Gasteiger partial charge on any atom is 0.261 e. The number of hydrogen-bond donors (Lipinski definition) is 1. The van der Waals surface area contributed by atoms with E-state index in [4.69, 9.17) is 23.2 Å². The summed E-state index contributed by atoms with van der Waals surface area (Å²) >= 11 is 11.9. The molecule has 0 saturated heterocycles. The van der Waals surface area contributed by atoms with Gasteiger partial charge in [-0.3, -0.25) is 4.72 Å². The molecule has 0 radical (unpaired) electrons. The smallest absolute Gasteiger partial charge is 0.261 e. The lowest BCUT2D eigenvalue weighted by Crippen LogP contribution is -2.30. The summed E-state index contributed by atoms with van der Waals surface area (Å²) in [5.74, 6) is 0. The average Bonchev–Trinajstić information content (AvgIpc) is 2.89. The van der Waals surface area contributed by atoms with Crippen molar-refractivity contribution in [3.63, 3.8) is 0 Å². The van der Waals surface area contributed by atoms with Gasteiger partial charge in [0, 0.05) is 28.8 Å². The summed E-state index contributed by atoms with van der Waals surface area (Å²) in [6.45, 7) is 4.11. The SMILES string of the molecule is C=C(NS(=O)(=O)c1cccc(Cl)c1)c1ccc(CN(Cc2ccccc2)S(=O)(=O)c2ccc(Cl)cc2)cc1. The zero-order valence-corrected chi connectivity index (χ0v) is 23.2. The number of nitrogens with zero attached hydrogens (tertiary/aromatic N) is 1. The van der Waals surface area contributed by atoms with Crippen molar-refractivity contribution in [1.29, 1.82) is 0 Å². The molecule has 0 bridgehead atoms. The van der Waals surface area contributed by atoms with Gasteiger partial charge in [0.25, 0.3) is 10.0 Å². The molecule has 1 N–H and O–H groups in total. The Hall–Kier alpha value is -3.14. The lowest BCUT2D eigenvalue weighted by Gasteiger charge is -2.23. The molecule has 4 aromatic rings. The fraction of sp³-hybridized carbons (Fsp3) is 0.0714. The molecule has 0 heterocycles. The van der Waals surface area contributed by atoms with Crippen molar-refractivity contribution in [3.8, 4) is 0 Å². The summed E-state index contributed by atoms with van der Waals surface area (Å²) in [7, 11) is -7.72. The first kappa shape index (κ1) is 27.9. The van der Waals surface area contributed by atoms with Gasteiger partial charge in [-0.1, -0.05) is 90.4 Å². The van der Waals surface area contributed by atoms with Crippen LogP contribution in [0.3, 0.4) is 0 Å². The van der Waals surface area contributed by atoms with Crippen molar-refractivity contribution in [2.24, 2.45) is 0 Å². The van der Waals surface area contributed by atoms with Crippen LogP contribution < -0.4 is 4.72 Å². The first-order chi connectivity index (χ1) is 18.0. The normalized spacial score (nSPS) is 11.9. The van der Waals surface area contributed by atoms with Crippen LogP contribution in [0, 0.1) is 0 Å². The monoisotopic (exact) mass is 586 g/mol. The molecule has 6 nitrogen and oxygen atoms in total. The second-order valence-electron chi connectivity index (χ2n) is 8.45. The van der Waals surface area contributed by atoms with Gasteiger partial charge < -0.3 is 0 Å². The van der Waals surface area contributed by atoms with Crippen molar-refractivity contribution in [3.05, 3.63) is 136 Å². The Morgan fingerprint density at radius 1 is 0.684 bits per heavy atom. The number of rotatable bonds is 10. The molecule has 0 fully saturated rings. The second kappa shape index (κ2) is 11.7. The Morgan fingerprint density at radius 3 is 1.89 bits per heavy atom. The zero-order chi connectivity index (χ0) is 27.3. The highest BCUT2D eigenvalue weighted by molar-refractivity contribution is 7.90. The van der Waals surface area contributed by atoms with Gasteiger partial charge in [0.2, 0.25) is 10.0 Å². The van der Waals surface area contributed by atoms with Crippen LogP contribution in [-0.2, 0) is 33.1 Å². The molecule has 0 atom stereocenters. The highest BCUT2D eigenvalue weighted by Gasteiger charge is 2.25. The van der Waals surface area contributed by atoms with Crippen LogP contribution >= 0.6 is 23.2 Å². The summed E-state index contributed by atoms with van der Waals surface area (Å²) in [6.07, 6.45) is 0. The minimum Gasteiger partial charge on any atom is -0.280 e. The molecule has 0 aliphatic heterocycles. The fourth-order valence-corrected chi connectivity index (χ4v) is 6.59. The van der Waals surface area contributed by atoms with Gasteiger partial charge in [0.05, 0.1) is 9.79 Å². The number of nitrogens with one attached hydrogen (secondary N) is 1. The van der Waals surface area contributed by atoms with Gasteiger partial charge in [-0.25, -0.2) is 16.8 Å². The summed E-state index contributed by atoms with van der Waals surface area (Å²) in [6, 6.07) is 28.1. The van der Waals surface area contributed by atoms with Crippen molar-refractivity contribution in [1.82, 2.24) is 9.03 Å². The Labute approximate surface area is 233 Å². The van der Waals surface area contributed by atoms with Gasteiger partial charge in [0.1, 0.15) is 0 Å². The molecule has 0 amide bonds. The molecule has 4 aromatic carbocycles. The van der Waals surface area contributed by atoms with Gasteiger partial charge in [-0.2, -0.15) is 4.31 Å². The van der Waals surface area contributed by atoms with E-state index < -0.39 is 20.0 Å². The minimum atomic E-state index is -3.88. The molecule has 10 heteroatoms. The Balaban J connectivity index is 1.55. The van der Waals surface area contributed by atoms with Gasteiger partial charge in [-0.05, 0) is 59.2 Å². The van der Waals surface area contributed by atoms with Gasteiger partial charge in [0.15, 0.2) is 0 Å². The van der Waals surface area contributed by atoms with E-state index in [0.717, 1.165) is 5.56 Å². The highest BCUT2D eigenvalue weighted by Crippen LogP contribution is 2.24. The predicted molar refractivity (Wildman–Crippen MR) is 152 cm³/mol. The molecule has 38 heavy (non-hydrogen) atoms. The lowest BCUT2D eigenvalue weighted by molar-refractivity contribution is 0.401. The first-order valence-electron chi connectivity index (χ1n) is 11.4. The molecule has 0 saturated carbocycles. The topological polar surface area (TPSA) is 83.6 Å². The number of benzene rings is 4. The Kier molecular flexibility index (Phi) is 8.60. The third kappa shape index (κ3) is 6.83. The fourth-order valence-electron chi connectivity index (χ4n) is 3.70. The number of hydrogen-bond acceptors (Lipinski definition) is 4. The van der Waals surface area contributed by atoms with Crippen molar-refractivity contribution in [2.45, 2.75) is 22.9 Å². The van der Waals surface area contributed by atoms with E-state index in [9.17, 15) is 16.8 Å². The second-order valence-corrected chi connectivity index (χ2v) is 12.9. The van der Waals surface area contributed by atoms with E-state index in [2.05, 4.69) is 11.3 Å². The predicted octanol–water partition coefficient (Wildman–Crippen LogP) is 6.33. The first-order valence-corrected chi connectivity index (χ1v) is 15.1. The molecular weight excluding hydrogens is 563 g/mol. The maximum absolute atomic E-state index is 13.5. The Morgan fingerprint density at radius 2 is 1.29 bits per heavy atom. The van der Waals surface area contributed by atoms with Crippen LogP contribution in [0.1, 0.15) is 16.7 Å². The van der Waals surface area contributed by atoms with E-state index in [-0.39, 0.29) is 28.6 Å². The van der Waals surface area contributed by atoms with Crippen LogP contribution in [0.4, 0.5) is 0 Å².